The SMILES string of the molecule is CCCCCC[O].c1cncnc1. The van der Waals surface area contributed by atoms with Gasteiger partial charge < -0.3 is 0 Å². The first-order valence-electron chi connectivity index (χ1n) is 4.70. The monoisotopic (exact) mass is 181 g/mol. The van der Waals surface area contributed by atoms with E-state index in [1.807, 2.05) is 0 Å². The Labute approximate surface area is 79.9 Å². The van der Waals surface area contributed by atoms with Gasteiger partial charge in [0.05, 0.1) is 6.61 Å². The van der Waals surface area contributed by atoms with E-state index in [1.54, 1.807) is 18.5 Å². The number of hydrogen-bond donors (Lipinski definition) is 0. The van der Waals surface area contributed by atoms with E-state index in [0.29, 0.717) is 0 Å². The van der Waals surface area contributed by atoms with Crippen molar-refractivity contribution in [1.29, 1.82) is 0 Å². The highest BCUT2D eigenvalue weighted by atomic mass is 16.2. The number of nitrogens with zero attached hydrogens (tertiary/aromatic N) is 2. The number of aromatic nitrogens is 2. The van der Waals surface area contributed by atoms with Gasteiger partial charge in [0.1, 0.15) is 6.33 Å². The Kier molecular flexibility index (Phi) is 10.2. The predicted octanol–water partition coefficient (Wildman–Crippen LogP) is 2.47. The molecule has 0 aromatic carbocycles. The van der Waals surface area contributed by atoms with Crippen LogP contribution in [-0.2, 0) is 5.11 Å². The van der Waals surface area contributed by atoms with Crippen LogP contribution >= 0.6 is 0 Å². The van der Waals surface area contributed by atoms with Gasteiger partial charge in [-0.1, -0.05) is 26.2 Å². The Hall–Kier alpha value is -0.960. The minimum Gasteiger partial charge on any atom is -0.245 e. The van der Waals surface area contributed by atoms with Crippen LogP contribution in [0, 0.1) is 0 Å². The van der Waals surface area contributed by atoms with Crippen molar-refractivity contribution in [3.63, 3.8) is 0 Å². The van der Waals surface area contributed by atoms with Crippen molar-refractivity contribution in [3.8, 4) is 0 Å². The lowest BCUT2D eigenvalue weighted by Crippen LogP contribution is -1.78. The van der Waals surface area contributed by atoms with E-state index in [1.165, 1.54) is 19.2 Å². The molecule has 0 saturated carbocycles. The van der Waals surface area contributed by atoms with Gasteiger partial charge in [-0.3, -0.25) is 0 Å². The van der Waals surface area contributed by atoms with Crippen molar-refractivity contribution in [2.75, 3.05) is 6.61 Å². The van der Waals surface area contributed by atoms with Gasteiger partial charge in [-0.2, -0.15) is 0 Å². The van der Waals surface area contributed by atoms with Crippen molar-refractivity contribution in [1.82, 2.24) is 9.97 Å². The van der Waals surface area contributed by atoms with Gasteiger partial charge in [-0.05, 0) is 12.5 Å². The Bertz CT molecular complexity index is 137. The summed E-state index contributed by atoms with van der Waals surface area (Å²) in [6.45, 7) is 2.25. The summed E-state index contributed by atoms with van der Waals surface area (Å²) in [5.74, 6) is 0. The Morgan fingerprint density at radius 2 is 1.77 bits per heavy atom. The Morgan fingerprint density at radius 3 is 2.08 bits per heavy atom. The number of hydrogen-bond acceptors (Lipinski definition) is 2. The smallest absolute Gasteiger partial charge is 0.115 e. The number of unbranched alkanes of at least 4 members (excludes halogenated alkanes) is 3. The molecule has 0 fully saturated rings. The van der Waals surface area contributed by atoms with Crippen molar-refractivity contribution in [3.05, 3.63) is 24.8 Å². The largest absolute Gasteiger partial charge is 0.245 e. The second kappa shape index (κ2) is 11.0. The van der Waals surface area contributed by atoms with Gasteiger partial charge in [0.2, 0.25) is 0 Å². The lowest BCUT2D eigenvalue weighted by atomic mass is 10.2. The van der Waals surface area contributed by atoms with Crippen LogP contribution in [-0.4, -0.2) is 16.6 Å². The molecule has 0 bridgehead atoms. The predicted molar refractivity (Wildman–Crippen MR) is 51.7 cm³/mol. The van der Waals surface area contributed by atoms with Crippen LogP contribution < -0.4 is 0 Å². The summed E-state index contributed by atoms with van der Waals surface area (Å²) in [5, 5.41) is 9.80. The van der Waals surface area contributed by atoms with Crippen LogP contribution in [0.5, 0.6) is 0 Å². The van der Waals surface area contributed by atoms with E-state index in [2.05, 4.69) is 16.9 Å². The molecular weight excluding hydrogens is 164 g/mol. The zero-order valence-corrected chi connectivity index (χ0v) is 8.15. The van der Waals surface area contributed by atoms with E-state index >= 15 is 0 Å². The molecular formula is C10H17N2O. The van der Waals surface area contributed by atoms with Crippen molar-refractivity contribution < 1.29 is 5.11 Å². The molecule has 3 heteroatoms. The molecule has 0 atom stereocenters. The average Bonchev–Trinajstić information content (AvgIpc) is 2.22. The first-order valence-corrected chi connectivity index (χ1v) is 4.70. The highest BCUT2D eigenvalue weighted by molar-refractivity contribution is 4.74. The zero-order valence-electron chi connectivity index (χ0n) is 8.15. The van der Waals surface area contributed by atoms with Crippen LogP contribution in [0.4, 0.5) is 0 Å². The molecule has 0 spiro atoms. The summed E-state index contributed by atoms with van der Waals surface area (Å²) in [6, 6.07) is 1.78. The van der Waals surface area contributed by atoms with Crippen molar-refractivity contribution >= 4 is 0 Å². The molecule has 0 amide bonds. The summed E-state index contributed by atoms with van der Waals surface area (Å²) in [7, 11) is 0. The fraction of sp³-hybridized carbons (Fsp3) is 0.600. The van der Waals surface area contributed by atoms with E-state index in [0.717, 1.165) is 12.8 Å². The highest BCUT2D eigenvalue weighted by Gasteiger charge is 1.82. The van der Waals surface area contributed by atoms with Gasteiger partial charge in [0, 0.05) is 12.4 Å². The minimum atomic E-state index is 0.111. The lowest BCUT2D eigenvalue weighted by molar-refractivity contribution is 0.186. The summed E-state index contributed by atoms with van der Waals surface area (Å²) >= 11 is 0. The van der Waals surface area contributed by atoms with Gasteiger partial charge in [0.25, 0.3) is 0 Å². The molecule has 0 N–H and O–H groups in total. The molecule has 1 aromatic rings. The van der Waals surface area contributed by atoms with Crippen LogP contribution in [0.1, 0.15) is 32.6 Å². The van der Waals surface area contributed by atoms with Gasteiger partial charge in [-0.25, -0.2) is 15.1 Å². The molecule has 1 aromatic heterocycles. The van der Waals surface area contributed by atoms with Crippen molar-refractivity contribution in [2.24, 2.45) is 0 Å². The molecule has 3 nitrogen and oxygen atoms in total. The minimum absolute atomic E-state index is 0.111. The normalized spacial score (nSPS) is 8.77. The Morgan fingerprint density at radius 1 is 1.08 bits per heavy atom. The maximum atomic E-state index is 9.80. The van der Waals surface area contributed by atoms with E-state index < -0.39 is 0 Å². The van der Waals surface area contributed by atoms with E-state index in [9.17, 15) is 5.11 Å². The first-order chi connectivity index (χ1) is 6.41. The average molecular weight is 181 g/mol. The first kappa shape index (κ1) is 12.0. The molecule has 0 aliphatic rings. The topological polar surface area (TPSA) is 45.7 Å². The van der Waals surface area contributed by atoms with Gasteiger partial charge in [-0.15, -0.1) is 0 Å². The molecule has 73 valence electrons. The molecule has 0 aliphatic carbocycles. The third-order valence-corrected chi connectivity index (χ3v) is 1.48. The third-order valence-electron chi connectivity index (χ3n) is 1.48. The van der Waals surface area contributed by atoms with Gasteiger partial charge in [0.15, 0.2) is 0 Å². The molecule has 0 unspecified atom stereocenters. The summed E-state index contributed by atoms with van der Waals surface area (Å²) in [6.07, 6.45) is 9.32. The zero-order chi connectivity index (χ0) is 9.78. The van der Waals surface area contributed by atoms with Crippen LogP contribution in [0.25, 0.3) is 0 Å². The van der Waals surface area contributed by atoms with E-state index in [-0.39, 0.29) is 6.61 Å². The standard InChI is InChI=1S/C6H13O.C4H4N2/c1-2-3-4-5-6-7;1-2-5-4-6-3-1/h2-6H2,1H3;1-4H. The fourth-order valence-electron chi connectivity index (χ4n) is 0.782. The van der Waals surface area contributed by atoms with Gasteiger partial charge >= 0.3 is 0 Å². The molecule has 1 heterocycles. The second-order valence-corrected chi connectivity index (χ2v) is 2.67. The second-order valence-electron chi connectivity index (χ2n) is 2.67. The molecule has 0 saturated heterocycles. The third kappa shape index (κ3) is 11.0. The summed E-state index contributed by atoms with van der Waals surface area (Å²) < 4.78 is 0. The molecule has 0 aliphatic heterocycles. The fourth-order valence-corrected chi connectivity index (χ4v) is 0.782. The van der Waals surface area contributed by atoms with Crippen LogP contribution in [0.3, 0.4) is 0 Å². The lowest BCUT2D eigenvalue weighted by Gasteiger charge is -1.89. The summed E-state index contributed by atoms with van der Waals surface area (Å²) in [4.78, 5) is 7.35. The van der Waals surface area contributed by atoms with Crippen LogP contribution in [0.15, 0.2) is 24.8 Å². The summed E-state index contributed by atoms with van der Waals surface area (Å²) in [5.41, 5.74) is 0. The molecule has 1 radical (unpaired) electrons. The maximum Gasteiger partial charge on any atom is 0.115 e. The van der Waals surface area contributed by atoms with Crippen molar-refractivity contribution in [2.45, 2.75) is 32.6 Å². The highest BCUT2D eigenvalue weighted by Crippen LogP contribution is 1.96. The quantitative estimate of drug-likeness (QED) is 0.670. The Balaban J connectivity index is 0.000000223. The van der Waals surface area contributed by atoms with E-state index in [4.69, 9.17) is 0 Å². The molecule has 13 heavy (non-hydrogen) atoms. The van der Waals surface area contributed by atoms with Crippen LogP contribution in [0.2, 0.25) is 0 Å². The number of rotatable bonds is 4. The maximum absolute atomic E-state index is 9.80. The molecule has 1 rings (SSSR count).